The highest BCUT2D eigenvalue weighted by Gasteiger charge is 2.18. The number of nitrogens with zero attached hydrogens (tertiary/aromatic N) is 2. The maximum absolute atomic E-state index is 11.1. The Bertz CT molecular complexity index is 677. The Hall–Kier alpha value is -2.50. The first-order valence-corrected chi connectivity index (χ1v) is 6.54. The maximum Gasteiger partial charge on any atom is 0.356 e. The van der Waals surface area contributed by atoms with Gasteiger partial charge in [-0.25, -0.2) is 4.79 Å². The van der Waals surface area contributed by atoms with E-state index in [9.17, 15) is 4.79 Å². The van der Waals surface area contributed by atoms with Crippen molar-refractivity contribution >= 4 is 5.97 Å². The van der Waals surface area contributed by atoms with Crippen molar-refractivity contribution in [2.75, 3.05) is 14.2 Å². The van der Waals surface area contributed by atoms with Crippen LogP contribution in [0, 0.1) is 0 Å². The Morgan fingerprint density at radius 2 is 2.00 bits per heavy atom. The van der Waals surface area contributed by atoms with Gasteiger partial charge in [-0.05, 0) is 18.6 Å². The lowest BCUT2D eigenvalue weighted by molar-refractivity contribution is 0.0689. The summed E-state index contributed by atoms with van der Waals surface area (Å²) in [6.45, 7) is 2.02. The zero-order chi connectivity index (χ0) is 15.6. The van der Waals surface area contributed by atoms with E-state index < -0.39 is 5.97 Å². The number of ether oxygens (including phenoxy) is 2. The van der Waals surface area contributed by atoms with Crippen molar-refractivity contribution < 1.29 is 19.4 Å². The molecular weight excluding hydrogens is 272 g/mol. The molecule has 0 aliphatic rings. The summed E-state index contributed by atoms with van der Waals surface area (Å²) in [7, 11) is 4.90. The molecule has 0 saturated heterocycles. The lowest BCUT2D eigenvalue weighted by Crippen LogP contribution is -2.01. The van der Waals surface area contributed by atoms with Crippen LogP contribution >= 0.6 is 0 Å². The monoisotopic (exact) mass is 290 g/mol. The van der Waals surface area contributed by atoms with Crippen LogP contribution in [-0.2, 0) is 13.5 Å². The molecule has 2 rings (SSSR count). The summed E-state index contributed by atoms with van der Waals surface area (Å²) in [6.07, 6.45) is 0.746. The molecule has 1 heterocycles. The molecule has 0 aliphatic heterocycles. The summed E-state index contributed by atoms with van der Waals surface area (Å²) in [4.78, 5) is 11.1. The second-order valence-electron chi connectivity index (χ2n) is 4.55. The van der Waals surface area contributed by atoms with Crippen LogP contribution in [0.4, 0.5) is 0 Å². The van der Waals surface area contributed by atoms with Crippen LogP contribution in [0.2, 0.25) is 0 Å². The number of aromatic carboxylic acids is 1. The number of benzene rings is 1. The van der Waals surface area contributed by atoms with E-state index in [-0.39, 0.29) is 5.69 Å². The molecule has 1 aromatic carbocycles. The fraction of sp³-hybridized carbons (Fsp3) is 0.333. The summed E-state index contributed by atoms with van der Waals surface area (Å²) < 4.78 is 12.2. The van der Waals surface area contributed by atoms with Gasteiger partial charge in [0.05, 0.1) is 19.9 Å². The third-order valence-electron chi connectivity index (χ3n) is 3.37. The summed E-state index contributed by atoms with van der Waals surface area (Å²) in [5.74, 6) is 0.312. The number of hydrogen-bond donors (Lipinski definition) is 1. The first-order chi connectivity index (χ1) is 10.0. The van der Waals surface area contributed by atoms with E-state index >= 15 is 0 Å². The van der Waals surface area contributed by atoms with Crippen molar-refractivity contribution in [3.05, 3.63) is 29.5 Å². The standard InChI is InChI=1S/C15H18N2O4/c1-5-10-11(6-9(20-3)7-14(10)21-4)13-8-12(15(18)19)16-17(13)2/h6-8H,5H2,1-4H3,(H,18,19). The van der Waals surface area contributed by atoms with Crippen LogP contribution in [-0.4, -0.2) is 35.1 Å². The van der Waals surface area contributed by atoms with Gasteiger partial charge in [0.15, 0.2) is 5.69 Å². The van der Waals surface area contributed by atoms with E-state index in [1.54, 1.807) is 32.0 Å². The number of methoxy groups -OCH3 is 2. The van der Waals surface area contributed by atoms with E-state index in [0.717, 1.165) is 17.5 Å². The van der Waals surface area contributed by atoms with Crippen LogP contribution in [0.1, 0.15) is 23.0 Å². The molecule has 112 valence electrons. The third-order valence-corrected chi connectivity index (χ3v) is 3.37. The van der Waals surface area contributed by atoms with Crippen LogP contribution < -0.4 is 9.47 Å². The van der Waals surface area contributed by atoms with Crippen LogP contribution in [0.3, 0.4) is 0 Å². The Labute approximate surface area is 122 Å². The molecule has 0 aliphatic carbocycles. The van der Waals surface area contributed by atoms with Gasteiger partial charge in [-0.1, -0.05) is 6.92 Å². The van der Waals surface area contributed by atoms with Gasteiger partial charge < -0.3 is 14.6 Å². The van der Waals surface area contributed by atoms with Crippen LogP contribution in [0.5, 0.6) is 11.5 Å². The molecule has 0 fully saturated rings. The second kappa shape index (κ2) is 5.87. The first-order valence-electron chi connectivity index (χ1n) is 6.54. The predicted molar refractivity (Wildman–Crippen MR) is 78.1 cm³/mol. The van der Waals surface area contributed by atoms with Gasteiger partial charge in [-0.15, -0.1) is 0 Å². The van der Waals surface area contributed by atoms with Gasteiger partial charge >= 0.3 is 5.97 Å². The fourth-order valence-electron chi connectivity index (χ4n) is 2.34. The van der Waals surface area contributed by atoms with E-state index in [1.807, 2.05) is 19.1 Å². The number of carboxylic acid groups (broad SMARTS) is 1. The summed E-state index contributed by atoms with van der Waals surface area (Å²) in [6, 6.07) is 5.23. The predicted octanol–water partition coefficient (Wildman–Crippen LogP) is 2.36. The number of hydrogen-bond acceptors (Lipinski definition) is 4. The number of aryl methyl sites for hydroxylation is 1. The first kappa shape index (κ1) is 14.9. The Kier molecular flexibility index (Phi) is 4.16. The van der Waals surface area contributed by atoms with E-state index in [4.69, 9.17) is 14.6 Å². The summed E-state index contributed by atoms with van der Waals surface area (Å²) >= 11 is 0. The lowest BCUT2D eigenvalue weighted by atomic mass is 10.00. The normalized spacial score (nSPS) is 10.5. The smallest absolute Gasteiger partial charge is 0.356 e. The molecule has 2 aromatic rings. The lowest BCUT2D eigenvalue weighted by Gasteiger charge is -2.15. The topological polar surface area (TPSA) is 73.6 Å². The molecule has 1 aromatic heterocycles. The highest BCUT2D eigenvalue weighted by atomic mass is 16.5. The molecule has 0 bridgehead atoms. The molecule has 6 nitrogen and oxygen atoms in total. The summed E-state index contributed by atoms with van der Waals surface area (Å²) in [5.41, 5.74) is 2.56. The molecule has 6 heteroatoms. The van der Waals surface area contributed by atoms with Gasteiger partial charge in [-0.3, -0.25) is 4.68 Å². The zero-order valence-electron chi connectivity index (χ0n) is 12.5. The largest absolute Gasteiger partial charge is 0.497 e. The SMILES string of the molecule is CCc1c(OC)cc(OC)cc1-c1cc(C(=O)O)nn1C. The molecule has 0 radical (unpaired) electrons. The van der Waals surface area contributed by atoms with Crippen LogP contribution in [0.25, 0.3) is 11.3 Å². The van der Waals surface area contributed by atoms with Crippen molar-refractivity contribution in [1.82, 2.24) is 9.78 Å². The van der Waals surface area contributed by atoms with Crippen molar-refractivity contribution in [1.29, 1.82) is 0 Å². The van der Waals surface area contributed by atoms with E-state index in [0.29, 0.717) is 17.2 Å². The Morgan fingerprint density at radius 1 is 1.29 bits per heavy atom. The Balaban J connectivity index is 2.69. The molecule has 21 heavy (non-hydrogen) atoms. The molecule has 1 N–H and O–H groups in total. The van der Waals surface area contributed by atoms with Crippen molar-refractivity contribution in [3.8, 4) is 22.8 Å². The number of aromatic nitrogens is 2. The quantitative estimate of drug-likeness (QED) is 0.915. The van der Waals surface area contributed by atoms with Gasteiger partial charge in [0.1, 0.15) is 11.5 Å². The van der Waals surface area contributed by atoms with Gasteiger partial charge in [-0.2, -0.15) is 5.10 Å². The second-order valence-corrected chi connectivity index (χ2v) is 4.55. The molecular formula is C15H18N2O4. The number of carboxylic acids is 1. The summed E-state index contributed by atoms with van der Waals surface area (Å²) in [5, 5.41) is 13.1. The van der Waals surface area contributed by atoms with Crippen molar-refractivity contribution in [2.45, 2.75) is 13.3 Å². The molecule has 0 atom stereocenters. The highest BCUT2D eigenvalue weighted by molar-refractivity contribution is 5.87. The molecule has 0 spiro atoms. The third kappa shape index (κ3) is 2.69. The van der Waals surface area contributed by atoms with E-state index in [2.05, 4.69) is 5.10 Å². The Morgan fingerprint density at radius 3 is 2.48 bits per heavy atom. The average molecular weight is 290 g/mol. The van der Waals surface area contributed by atoms with Crippen molar-refractivity contribution in [2.24, 2.45) is 7.05 Å². The van der Waals surface area contributed by atoms with Gasteiger partial charge in [0, 0.05) is 24.2 Å². The van der Waals surface area contributed by atoms with Crippen LogP contribution in [0.15, 0.2) is 18.2 Å². The van der Waals surface area contributed by atoms with Gasteiger partial charge in [0.2, 0.25) is 0 Å². The average Bonchev–Trinajstić information content (AvgIpc) is 2.87. The minimum Gasteiger partial charge on any atom is -0.497 e. The maximum atomic E-state index is 11.1. The highest BCUT2D eigenvalue weighted by Crippen LogP contribution is 2.35. The minimum absolute atomic E-state index is 0.0105. The molecule has 0 unspecified atom stereocenters. The number of rotatable bonds is 5. The van der Waals surface area contributed by atoms with Gasteiger partial charge in [0.25, 0.3) is 0 Å². The van der Waals surface area contributed by atoms with Crippen molar-refractivity contribution in [3.63, 3.8) is 0 Å². The molecule has 0 amide bonds. The van der Waals surface area contributed by atoms with E-state index in [1.165, 1.54) is 0 Å². The minimum atomic E-state index is -1.05. The molecule has 0 saturated carbocycles. The fourth-order valence-corrected chi connectivity index (χ4v) is 2.34. The zero-order valence-corrected chi connectivity index (χ0v) is 12.5. The number of carbonyl (C=O) groups is 1.